The first-order chi connectivity index (χ1) is 20.7. The number of hydrogen-bond donors (Lipinski definition) is 0. The summed E-state index contributed by atoms with van der Waals surface area (Å²) in [6.45, 7) is 5.31. The van der Waals surface area contributed by atoms with Gasteiger partial charge in [0.2, 0.25) is 5.69 Å². The minimum atomic E-state index is -4.74. The highest BCUT2D eigenvalue weighted by Gasteiger charge is 2.42. The number of para-hydroxylation sites is 1. The molecule has 1 heterocycles. The summed E-state index contributed by atoms with van der Waals surface area (Å²) in [7, 11) is -5.32. The average molecular weight is 631 g/mol. The maximum Gasteiger partial charge on any atom is 0.209 e. The van der Waals surface area contributed by atoms with E-state index in [1.165, 1.54) is 46.8 Å². The van der Waals surface area contributed by atoms with Gasteiger partial charge in [-0.2, -0.15) is 9.84 Å². The standard InChI is InChI=1S/C23H26N3.C10H8O6S2/c1-23(2)20-8-5-6-9-21(20)26(4)22(23)15-12-18-10-13-19(14-11-18)25(3)17-7-16-24;11-17(12,13)9-5-1-3-7-8(9)4-2-6-10(7)18(14,15)16/h5-6,8-15H,7,17H2,1-4H3;1-6H,(H,11,12,13)(H,14,15,16)/q+1;/p-2. The van der Waals surface area contributed by atoms with Gasteiger partial charge in [0.15, 0.2) is 5.71 Å². The van der Waals surface area contributed by atoms with E-state index in [0.717, 1.165) is 24.4 Å². The number of nitriles is 1. The highest BCUT2D eigenvalue weighted by Crippen LogP contribution is 2.39. The third-order valence-electron chi connectivity index (χ3n) is 7.65. The van der Waals surface area contributed by atoms with Crippen LogP contribution in [0.25, 0.3) is 16.8 Å². The topological polar surface area (TPSA) is 144 Å². The molecule has 9 nitrogen and oxygen atoms in total. The molecule has 0 saturated carbocycles. The van der Waals surface area contributed by atoms with Crippen LogP contribution in [-0.2, 0) is 25.7 Å². The lowest BCUT2D eigenvalue weighted by Crippen LogP contribution is -2.26. The molecule has 5 rings (SSSR count). The molecular weight excluding hydrogens is 599 g/mol. The first-order valence-electron chi connectivity index (χ1n) is 13.7. The van der Waals surface area contributed by atoms with Gasteiger partial charge >= 0.3 is 0 Å². The third-order valence-corrected chi connectivity index (χ3v) is 9.44. The van der Waals surface area contributed by atoms with Crippen molar-refractivity contribution in [3.8, 4) is 6.07 Å². The smallest absolute Gasteiger partial charge is 0.209 e. The quantitative estimate of drug-likeness (QED) is 0.195. The van der Waals surface area contributed by atoms with E-state index in [1.54, 1.807) is 0 Å². The van der Waals surface area contributed by atoms with Crippen LogP contribution in [0.4, 0.5) is 11.4 Å². The zero-order valence-corrected chi connectivity index (χ0v) is 26.4. The van der Waals surface area contributed by atoms with Crippen LogP contribution in [0.3, 0.4) is 0 Å². The molecule has 0 amide bonds. The predicted molar refractivity (Wildman–Crippen MR) is 169 cm³/mol. The Hall–Kier alpha value is -4.34. The summed E-state index contributed by atoms with van der Waals surface area (Å²) >= 11 is 0. The number of fused-ring (bicyclic) bond motifs is 2. The number of anilines is 1. The van der Waals surface area contributed by atoms with Gasteiger partial charge in [-0.1, -0.05) is 54.6 Å². The van der Waals surface area contributed by atoms with Crippen molar-refractivity contribution in [2.75, 3.05) is 25.5 Å². The number of allylic oxidation sites excluding steroid dienone is 1. The third kappa shape index (κ3) is 6.90. The SMILES string of the molecule is CN(CCC#N)c1ccc(C=CC2=[N+](C)c3ccccc3C2(C)C)cc1.O=S(=O)([O-])c1cccc2c(S(=O)(=O)[O-])cccc12. The van der Waals surface area contributed by atoms with Gasteiger partial charge < -0.3 is 14.0 Å². The van der Waals surface area contributed by atoms with Crippen molar-refractivity contribution in [2.24, 2.45) is 0 Å². The van der Waals surface area contributed by atoms with Gasteiger partial charge in [0.05, 0.1) is 27.7 Å². The summed E-state index contributed by atoms with van der Waals surface area (Å²) in [5.74, 6) is 0. The van der Waals surface area contributed by atoms with Crippen LogP contribution in [0.5, 0.6) is 0 Å². The first-order valence-corrected chi connectivity index (χ1v) is 16.5. The normalized spacial score (nSPS) is 14.2. The highest BCUT2D eigenvalue weighted by molar-refractivity contribution is 7.86. The molecular formula is C33H32N3O6S2-. The van der Waals surface area contributed by atoms with Gasteiger partial charge in [0.1, 0.15) is 27.3 Å². The summed E-state index contributed by atoms with van der Waals surface area (Å²) in [5, 5.41) is 8.56. The molecule has 4 aromatic rings. The number of nitrogens with zero attached hydrogens (tertiary/aromatic N) is 3. The highest BCUT2D eigenvalue weighted by atomic mass is 32.2. The van der Waals surface area contributed by atoms with E-state index in [0.29, 0.717) is 6.42 Å². The van der Waals surface area contributed by atoms with E-state index in [2.05, 4.69) is 97.1 Å². The largest absolute Gasteiger partial charge is 0.744 e. The second-order valence-electron chi connectivity index (χ2n) is 10.9. The van der Waals surface area contributed by atoms with E-state index >= 15 is 0 Å². The Morgan fingerprint density at radius 2 is 1.36 bits per heavy atom. The van der Waals surface area contributed by atoms with Gasteiger partial charge in [-0.15, -0.1) is 0 Å². The van der Waals surface area contributed by atoms with Crippen molar-refractivity contribution in [3.63, 3.8) is 0 Å². The number of hydrogen-bond acceptors (Lipinski definition) is 8. The Balaban J connectivity index is 0.000000215. The maximum atomic E-state index is 11.0. The fourth-order valence-electron chi connectivity index (χ4n) is 5.35. The van der Waals surface area contributed by atoms with Crippen molar-refractivity contribution in [1.29, 1.82) is 5.26 Å². The molecule has 0 N–H and O–H groups in total. The molecule has 228 valence electrons. The van der Waals surface area contributed by atoms with Crippen molar-refractivity contribution in [1.82, 2.24) is 0 Å². The van der Waals surface area contributed by atoms with E-state index in [9.17, 15) is 25.9 Å². The zero-order valence-electron chi connectivity index (χ0n) is 24.8. The Kier molecular flexibility index (Phi) is 9.41. The van der Waals surface area contributed by atoms with Crippen LogP contribution >= 0.6 is 0 Å². The van der Waals surface area contributed by atoms with Crippen LogP contribution in [0.1, 0.15) is 31.4 Å². The Morgan fingerprint density at radius 3 is 1.86 bits per heavy atom. The Morgan fingerprint density at radius 1 is 0.818 bits per heavy atom. The van der Waals surface area contributed by atoms with E-state index < -0.39 is 30.0 Å². The van der Waals surface area contributed by atoms with Crippen molar-refractivity contribution in [2.45, 2.75) is 35.5 Å². The lowest BCUT2D eigenvalue weighted by Gasteiger charge is -2.17. The molecule has 0 spiro atoms. The molecule has 0 aromatic heterocycles. The van der Waals surface area contributed by atoms with Crippen LogP contribution in [0, 0.1) is 11.3 Å². The van der Waals surface area contributed by atoms with Gasteiger partial charge in [0.25, 0.3) is 0 Å². The fraction of sp³-hybridized carbons (Fsp3) is 0.212. The van der Waals surface area contributed by atoms with Gasteiger partial charge in [-0.3, -0.25) is 0 Å². The zero-order chi connectivity index (χ0) is 32.3. The molecule has 0 unspecified atom stereocenters. The molecule has 0 bridgehead atoms. The molecule has 0 fully saturated rings. The lowest BCUT2D eigenvalue weighted by molar-refractivity contribution is -0.401. The van der Waals surface area contributed by atoms with Crippen molar-refractivity contribution < 1.29 is 30.5 Å². The molecule has 0 radical (unpaired) electrons. The Bertz CT molecular complexity index is 1950. The molecule has 11 heteroatoms. The molecule has 1 aliphatic rings. The monoisotopic (exact) mass is 630 g/mol. The summed E-state index contributed by atoms with van der Waals surface area (Å²) in [4.78, 5) is 1.01. The van der Waals surface area contributed by atoms with Crippen LogP contribution in [0.15, 0.2) is 101 Å². The predicted octanol–water partition coefficient (Wildman–Crippen LogP) is 5.40. The molecule has 0 atom stereocenters. The fourth-order valence-corrected chi connectivity index (χ4v) is 6.74. The lowest BCUT2D eigenvalue weighted by atomic mass is 9.81. The number of benzene rings is 4. The van der Waals surface area contributed by atoms with Crippen LogP contribution in [0.2, 0.25) is 0 Å². The molecule has 0 saturated heterocycles. The van der Waals surface area contributed by atoms with E-state index in [1.807, 2.05) is 7.05 Å². The molecule has 0 aliphatic carbocycles. The molecule has 1 aliphatic heterocycles. The average Bonchev–Trinajstić information content (AvgIpc) is 3.18. The van der Waals surface area contributed by atoms with Crippen LogP contribution < -0.4 is 4.90 Å². The molecule has 44 heavy (non-hydrogen) atoms. The van der Waals surface area contributed by atoms with Gasteiger partial charge in [0, 0.05) is 47.8 Å². The minimum Gasteiger partial charge on any atom is -0.744 e. The van der Waals surface area contributed by atoms with E-state index in [4.69, 9.17) is 5.26 Å². The van der Waals surface area contributed by atoms with Crippen molar-refractivity contribution in [3.05, 3.63) is 102 Å². The Labute approximate surface area is 258 Å². The number of rotatable bonds is 7. The summed E-state index contributed by atoms with van der Waals surface area (Å²) in [6.07, 6.45) is 4.95. The second-order valence-corrected chi connectivity index (χ2v) is 13.6. The summed E-state index contributed by atoms with van der Waals surface area (Å²) in [6, 6.07) is 26.4. The van der Waals surface area contributed by atoms with Gasteiger partial charge in [-0.05, 0) is 49.8 Å². The van der Waals surface area contributed by atoms with Crippen molar-refractivity contribution >= 4 is 54.2 Å². The summed E-state index contributed by atoms with van der Waals surface area (Å²) < 4.78 is 68.4. The van der Waals surface area contributed by atoms with Gasteiger partial charge in [-0.25, -0.2) is 16.8 Å². The minimum absolute atomic E-state index is 0.000698. The summed E-state index contributed by atoms with van der Waals surface area (Å²) in [5.41, 5.74) is 6.27. The maximum absolute atomic E-state index is 11.0. The van der Waals surface area contributed by atoms with E-state index in [-0.39, 0.29) is 16.2 Å². The second kappa shape index (κ2) is 12.7. The van der Waals surface area contributed by atoms with Crippen LogP contribution in [-0.4, -0.2) is 56.9 Å². The first kappa shape index (κ1) is 32.6. The molecule has 4 aromatic carbocycles.